The lowest BCUT2D eigenvalue weighted by molar-refractivity contribution is -0.141. The number of nitrogens with zero attached hydrogens (tertiary/aromatic N) is 2. The van der Waals surface area contributed by atoms with E-state index in [1.807, 2.05) is 0 Å². The zero-order valence-corrected chi connectivity index (χ0v) is 6.82. The molecule has 0 radical (unpaired) electrons. The van der Waals surface area contributed by atoms with Crippen LogP contribution in [0.15, 0.2) is 12.1 Å². The molecule has 1 aromatic rings. The number of rotatable bonds is 0. The summed E-state index contributed by atoms with van der Waals surface area (Å²) >= 11 is 5.34. The first-order valence-electron chi connectivity index (χ1n) is 3.08. The van der Waals surface area contributed by atoms with Gasteiger partial charge in [-0.15, -0.1) is 0 Å². The Morgan fingerprint density at radius 3 is 2.46 bits per heavy atom. The molecule has 68 valence electrons. The first-order chi connectivity index (χ1) is 5.93. The zero-order valence-electron chi connectivity index (χ0n) is 6.06. The van der Waals surface area contributed by atoms with E-state index in [1.165, 1.54) is 6.07 Å². The maximum Gasteiger partial charge on any atom is 0.433 e. The van der Waals surface area contributed by atoms with Gasteiger partial charge in [-0.25, -0.2) is 4.98 Å². The zero-order chi connectivity index (χ0) is 10.1. The van der Waals surface area contributed by atoms with E-state index in [1.54, 1.807) is 0 Å². The summed E-state index contributed by atoms with van der Waals surface area (Å²) in [5.41, 5.74) is -1.50. The van der Waals surface area contributed by atoms with Gasteiger partial charge < -0.3 is 0 Å². The van der Waals surface area contributed by atoms with Crippen LogP contribution in [0.3, 0.4) is 0 Å². The fourth-order valence-electron chi connectivity index (χ4n) is 0.700. The van der Waals surface area contributed by atoms with Crippen molar-refractivity contribution in [3.8, 4) is 6.07 Å². The Bertz CT molecular complexity index is 367. The minimum Gasteiger partial charge on any atom is -0.233 e. The molecule has 1 rings (SSSR count). The number of hydrogen-bond donors (Lipinski definition) is 0. The van der Waals surface area contributed by atoms with Gasteiger partial charge in [-0.3, -0.25) is 0 Å². The van der Waals surface area contributed by atoms with Crippen LogP contribution < -0.4 is 0 Å². The topological polar surface area (TPSA) is 36.7 Å². The van der Waals surface area contributed by atoms with Crippen molar-refractivity contribution in [2.24, 2.45) is 0 Å². The van der Waals surface area contributed by atoms with E-state index < -0.39 is 11.9 Å². The summed E-state index contributed by atoms with van der Waals surface area (Å²) in [4.78, 5) is 3.05. The van der Waals surface area contributed by atoms with Crippen molar-refractivity contribution in [3.05, 3.63) is 28.5 Å². The summed E-state index contributed by atoms with van der Waals surface area (Å²) < 4.78 is 36.2. The van der Waals surface area contributed by atoms with Crippen molar-refractivity contribution in [1.29, 1.82) is 5.26 Å². The lowest BCUT2D eigenvalue weighted by Crippen LogP contribution is -2.08. The monoisotopic (exact) mass is 206 g/mol. The molecule has 0 aliphatic carbocycles. The number of aromatic nitrogens is 1. The van der Waals surface area contributed by atoms with Crippen LogP contribution in [0, 0.1) is 11.3 Å². The highest BCUT2D eigenvalue weighted by Gasteiger charge is 2.33. The summed E-state index contributed by atoms with van der Waals surface area (Å²) in [6.07, 6.45) is -4.57. The molecule has 0 unspecified atom stereocenters. The van der Waals surface area contributed by atoms with Gasteiger partial charge >= 0.3 is 6.18 Å². The second kappa shape index (κ2) is 3.23. The number of hydrogen-bond acceptors (Lipinski definition) is 2. The van der Waals surface area contributed by atoms with Gasteiger partial charge in [-0.1, -0.05) is 11.6 Å². The standard InChI is InChI=1S/C7H2ClF3N2/c8-4-1-5(3-12)13-6(2-4)7(9,10)11/h1-2H. The summed E-state index contributed by atoms with van der Waals surface area (Å²) in [7, 11) is 0. The Balaban J connectivity index is 3.26. The van der Waals surface area contributed by atoms with Crippen molar-refractivity contribution in [2.75, 3.05) is 0 Å². The molecule has 0 bridgehead atoms. The second-order valence-electron chi connectivity index (χ2n) is 2.17. The molecule has 0 saturated heterocycles. The normalized spacial score (nSPS) is 11.0. The molecular weight excluding hydrogens is 205 g/mol. The van der Waals surface area contributed by atoms with Gasteiger partial charge in [0, 0.05) is 5.02 Å². The van der Waals surface area contributed by atoms with Crippen LogP contribution in [-0.2, 0) is 6.18 Å². The number of halogens is 4. The van der Waals surface area contributed by atoms with Gasteiger partial charge in [0.15, 0.2) is 0 Å². The number of nitriles is 1. The molecule has 0 aromatic carbocycles. The molecule has 1 aromatic heterocycles. The average molecular weight is 207 g/mol. The van der Waals surface area contributed by atoms with Gasteiger partial charge in [-0.05, 0) is 12.1 Å². The maximum atomic E-state index is 12.1. The van der Waals surface area contributed by atoms with Gasteiger partial charge in [0.25, 0.3) is 0 Å². The highest BCUT2D eigenvalue weighted by atomic mass is 35.5. The molecule has 2 nitrogen and oxygen atoms in total. The minimum absolute atomic E-state index is 0.154. The van der Waals surface area contributed by atoms with Gasteiger partial charge in [0.2, 0.25) is 0 Å². The summed E-state index contributed by atoms with van der Waals surface area (Å²) in [5.74, 6) is 0. The molecule has 6 heteroatoms. The first-order valence-corrected chi connectivity index (χ1v) is 3.46. The van der Waals surface area contributed by atoms with E-state index in [-0.39, 0.29) is 10.7 Å². The van der Waals surface area contributed by atoms with Crippen LogP contribution in [0.4, 0.5) is 13.2 Å². The van der Waals surface area contributed by atoms with Crippen LogP contribution in [0.25, 0.3) is 0 Å². The smallest absolute Gasteiger partial charge is 0.233 e. The maximum absolute atomic E-state index is 12.1. The van der Waals surface area contributed by atoms with Crippen LogP contribution >= 0.6 is 11.6 Å². The highest BCUT2D eigenvalue weighted by Crippen LogP contribution is 2.29. The molecule has 0 saturated carbocycles. The van der Waals surface area contributed by atoms with Crippen molar-refractivity contribution in [3.63, 3.8) is 0 Å². The minimum atomic E-state index is -4.57. The lowest BCUT2D eigenvalue weighted by atomic mass is 10.3. The molecule has 0 N–H and O–H groups in total. The van der Waals surface area contributed by atoms with Crippen LogP contribution in [0.5, 0.6) is 0 Å². The van der Waals surface area contributed by atoms with E-state index >= 15 is 0 Å². The lowest BCUT2D eigenvalue weighted by Gasteiger charge is -2.05. The third kappa shape index (κ3) is 2.33. The Labute approximate surface area is 76.6 Å². The molecule has 0 aliphatic heterocycles. The van der Waals surface area contributed by atoms with E-state index in [0.717, 1.165) is 6.07 Å². The van der Waals surface area contributed by atoms with Crippen molar-refractivity contribution >= 4 is 11.6 Å². The van der Waals surface area contributed by atoms with Crippen molar-refractivity contribution in [2.45, 2.75) is 6.18 Å². The number of pyridine rings is 1. The van der Waals surface area contributed by atoms with Gasteiger partial charge in [-0.2, -0.15) is 18.4 Å². The molecule has 1 heterocycles. The largest absolute Gasteiger partial charge is 0.433 e. The van der Waals surface area contributed by atoms with Crippen LogP contribution in [-0.4, -0.2) is 4.98 Å². The van der Waals surface area contributed by atoms with Gasteiger partial charge in [0.05, 0.1) is 0 Å². The predicted molar refractivity (Wildman–Crippen MR) is 39.0 cm³/mol. The molecule has 0 amide bonds. The second-order valence-corrected chi connectivity index (χ2v) is 2.60. The molecule has 0 spiro atoms. The summed E-state index contributed by atoms with van der Waals surface area (Å²) in [6.45, 7) is 0. The first kappa shape index (κ1) is 9.81. The third-order valence-corrected chi connectivity index (χ3v) is 1.41. The van der Waals surface area contributed by atoms with E-state index in [2.05, 4.69) is 4.98 Å². The molecule has 0 fully saturated rings. The van der Waals surface area contributed by atoms with E-state index in [9.17, 15) is 13.2 Å². The fourth-order valence-corrected chi connectivity index (χ4v) is 0.906. The quantitative estimate of drug-likeness (QED) is 0.654. The average Bonchev–Trinajstić information content (AvgIpc) is 2.01. The Kier molecular flexibility index (Phi) is 2.43. The predicted octanol–water partition coefficient (Wildman–Crippen LogP) is 2.63. The Morgan fingerprint density at radius 2 is 2.00 bits per heavy atom. The third-order valence-electron chi connectivity index (χ3n) is 1.20. The molecule has 0 aliphatic rings. The van der Waals surface area contributed by atoms with Crippen LogP contribution in [0.1, 0.15) is 11.4 Å². The van der Waals surface area contributed by atoms with E-state index in [0.29, 0.717) is 6.07 Å². The van der Waals surface area contributed by atoms with Crippen LogP contribution in [0.2, 0.25) is 5.02 Å². The number of alkyl halides is 3. The summed E-state index contributed by atoms with van der Waals surface area (Å²) in [6, 6.07) is 3.22. The van der Waals surface area contributed by atoms with E-state index in [4.69, 9.17) is 16.9 Å². The SMILES string of the molecule is N#Cc1cc(Cl)cc(C(F)(F)F)n1. The fraction of sp³-hybridized carbons (Fsp3) is 0.143. The molecule has 0 atom stereocenters. The Hall–Kier alpha value is -1.28. The molecule has 13 heavy (non-hydrogen) atoms. The Morgan fingerprint density at radius 1 is 1.38 bits per heavy atom. The summed E-state index contributed by atoms with van der Waals surface area (Å²) in [5, 5.41) is 8.16. The highest BCUT2D eigenvalue weighted by molar-refractivity contribution is 6.30. The van der Waals surface area contributed by atoms with Crippen molar-refractivity contribution < 1.29 is 13.2 Å². The molecular formula is C7H2ClF3N2. The van der Waals surface area contributed by atoms with Crippen molar-refractivity contribution in [1.82, 2.24) is 4.98 Å². The van der Waals surface area contributed by atoms with Gasteiger partial charge in [0.1, 0.15) is 17.5 Å².